The molecule has 1 fully saturated rings. The molecule has 0 saturated carbocycles. The molecule has 0 spiro atoms. The quantitative estimate of drug-likeness (QED) is 0.625. The predicted octanol–water partition coefficient (Wildman–Crippen LogP) is 4.75. The number of rotatable bonds is 4. The summed E-state index contributed by atoms with van der Waals surface area (Å²) in [5.74, 6) is 0.983. The molecule has 1 saturated heterocycles. The standard InChI is InChI=1S/C20H19F3N4O2/c1-27-10-8-13(9-11-27)19-25-18(26-29-19)14-6-7-17(24-12-14)28-16-5-3-2-4-15(16)20(21,22)23/h2-7,12-13H,8-11H2,1H3. The van der Waals surface area contributed by atoms with Gasteiger partial charge < -0.3 is 14.2 Å². The van der Waals surface area contributed by atoms with E-state index in [1.807, 2.05) is 0 Å². The van der Waals surface area contributed by atoms with Gasteiger partial charge in [0.1, 0.15) is 5.75 Å². The lowest BCUT2D eigenvalue weighted by atomic mass is 9.97. The van der Waals surface area contributed by atoms with E-state index in [4.69, 9.17) is 9.26 Å². The summed E-state index contributed by atoms with van der Waals surface area (Å²) in [6, 6.07) is 8.13. The van der Waals surface area contributed by atoms with Crippen molar-refractivity contribution in [3.8, 4) is 23.0 Å². The zero-order valence-corrected chi connectivity index (χ0v) is 15.7. The minimum absolute atomic E-state index is 0.0458. The van der Waals surface area contributed by atoms with Crippen molar-refractivity contribution in [2.75, 3.05) is 20.1 Å². The molecule has 0 amide bonds. The SMILES string of the molecule is CN1CCC(c2nc(-c3ccc(Oc4ccccc4C(F)(F)F)nc3)no2)CC1. The van der Waals surface area contributed by atoms with Gasteiger partial charge in [-0.25, -0.2) is 4.98 Å². The number of hydrogen-bond acceptors (Lipinski definition) is 6. The topological polar surface area (TPSA) is 64.3 Å². The second kappa shape index (κ2) is 7.82. The Hall–Kier alpha value is -2.94. The fraction of sp³-hybridized carbons (Fsp3) is 0.350. The molecule has 0 aliphatic carbocycles. The van der Waals surface area contributed by atoms with Crippen LogP contribution in [0.1, 0.15) is 30.2 Å². The first-order chi connectivity index (χ1) is 13.9. The minimum Gasteiger partial charge on any atom is -0.438 e. The number of ether oxygens (including phenoxy) is 1. The van der Waals surface area contributed by atoms with E-state index < -0.39 is 11.7 Å². The normalized spacial score (nSPS) is 16.1. The Bertz CT molecular complexity index is 964. The van der Waals surface area contributed by atoms with Gasteiger partial charge in [0, 0.05) is 23.7 Å². The first-order valence-corrected chi connectivity index (χ1v) is 9.23. The molecule has 1 aliphatic heterocycles. The fourth-order valence-corrected chi connectivity index (χ4v) is 3.25. The molecule has 1 aromatic carbocycles. The van der Waals surface area contributed by atoms with E-state index in [9.17, 15) is 13.2 Å². The molecular formula is C20H19F3N4O2. The Labute approximate surface area is 165 Å². The number of hydrogen-bond donors (Lipinski definition) is 0. The van der Waals surface area contributed by atoms with Crippen LogP contribution in [0.15, 0.2) is 47.1 Å². The molecule has 2 aromatic heterocycles. The Morgan fingerprint density at radius 1 is 1.10 bits per heavy atom. The highest BCUT2D eigenvalue weighted by atomic mass is 19.4. The highest BCUT2D eigenvalue weighted by Crippen LogP contribution is 2.37. The lowest BCUT2D eigenvalue weighted by molar-refractivity contribution is -0.138. The van der Waals surface area contributed by atoms with Gasteiger partial charge in [-0.2, -0.15) is 18.2 Å². The summed E-state index contributed by atoms with van der Waals surface area (Å²) in [6.45, 7) is 1.96. The molecule has 0 N–H and O–H groups in total. The molecule has 0 atom stereocenters. The van der Waals surface area contributed by atoms with Gasteiger partial charge in [-0.1, -0.05) is 17.3 Å². The van der Waals surface area contributed by atoms with Gasteiger partial charge in [0.05, 0.1) is 5.56 Å². The second-order valence-corrected chi connectivity index (χ2v) is 7.01. The molecule has 3 heterocycles. The number of pyridine rings is 1. The number of benzene rings is 1. The van der Waals surface area contributed by atoms with Crippen LogP contribution in [-0.2, 0) is 6.18 Å². The maximum absolute atomic E-state index is 13.1. The third-order valence-corrected chi connectivity index (χ3v) is 4.91. The van der Waals surface area contributed by atoms with E-state index in [1.165, 1.54) is 30.5 Å². The van der Waals surface area contributed by atoms with Crippen LogP contribution < -0.4 is 4.74 Å². The van der Waals surface area contributed by atoms with Crippen molar-refractivity contribution in [3.63, 3.8) is 0 Å². The van der Waals surface area contributed by atoms with Crippen LogP contribution in [0.25, 0.3) is 11.4 Å². The fourth-order valence-electron chi connectivity index (χ4n) is 3.25. The van der Waals surface area contributed by atoms with E-state index in [0.717, 1.165) is 32.0 Å². The molecule has 4 rings (SSSR count). The number of alkyl halides is 3. The number of piperidine rings is 1. The first-order valence-electron chi connectivity index (χ1n) is 9.23. The van der Waals surface area contributed by atoms with Gasteiger partial charge in [0.15, 0.2) is 0 Å². The smallest absolute Gasteiger partial charge is 0.419 e. The molecule has 152 valence electrons. The summed E-state index contributed by atoms with van der Waals surface area (Å²) >= 11 is 0. The monoisotopic (exact) mass is 404 g/mol. The lowest BCUT2D eigenvalue weighted by Crippen LogP contribution is -2.29. The van der Waals surface area contributed by atoms with E-state index in [0.29, 0.717) is 17.3 Å². The summed E-state index contributed by atoms with van der Waals surface area (Å²) in [5, 5.41) is 4.01. The third kappa shape index (κ3) is 4.40. The van der Waals surface area contributed by atoms with Gasteiger partial charge >= 0.3 is 6.18 Å². The van der Waals surface area contributed by atoms with E-state index in [-0.39, 0.29) is 17.5 Å². The number of nitrogens with zero attached hydrogens (tertiary/aromatic N) is 4. The highest BCUT2D eigenvalue weighted by Gasteiger charge is 2.34. The van der Waals surface area contributed by atoms with Crippen LogP contribution >= 0.6 is 0 Å². The first kappa shape index (κ1) is 19.4. The van der Waals surface area contributed by atoms with Crippen molar-refractivity contribution in [2.24, 2.45) is 0 Å². The average Bonchev–Trinajstić information content (AvgIpc) is 3.19. The maximum atomic E-state index is 13.1. The van der Waals surface area contributed by atoms with Crippen molar-refractivity contribution >= 4 is 0 Å². The van der Waals surface area contributed by atoms with E-state index >= 15 is 0 Å². The summed E-state index contributed by atoms with van der Waals surface area (Å²) in [4.78, 5) is 10.8. The molecule has 29 heavy (non-hydrogen) atoms. The number of para-hydroxylation sites is 1. The Balaban J connectivity index is 1.48. The molecule has 0 radical (unpaired) electrons. The Morgan fingerprint density at radius 2 is 1.86 bits per heavy atom. The minimum atomic E-state index is -4.51. The summed E-state index contributed by atoms with van der Waals surface area (Å²) in [5.41, 5.74) is -0.254. The van der Waals surface area contributed by atoms with Crippen molar-refractivity contribution in [1.82, 2.24) is 20.0 Å². The third-order valence-electron chi connectivity index (χ3n) is 4.91. The lowest BCUT2D eigenvalue weighted by Gasteiger charge is -2.26. The second-order valence-electron chi connectivity index (χ2n) is 7.01. The van der Waals surface area contributed by atoms with Crippen LogP contribution in [-0.4, -0.2) is 40.2 Å². The Kier molecular flexibility index (Phi) is 5.23. The molecule has 6 nitrogen and oxygen atoms in total. The maximum Gasteiger partial charge on any atom is 0.419 e. The van der Waals surface area contributed by atoms with Gasteiger partial charge in [-0.15, -0.1) is 0 Å². The van der Waals surface area contributed by atoms with Crippen LogP contribution in [0.2, 0.25) is 0 Å². The van der Waals surface area contributed by atoms with Gasteiger partial charge in [0.2, 0.25) is 17.6 Å². The Morgan fingerprint density at radius 3 is 2.55 bits per heavy atom. The van der Waals surface area contributed by atoms with Crippen LogP contribution in [0.5, 0.6) is 11.6 Å². The van der Waals surface area contributed by atoms with E-state index in [1.54, 1.807) is 6.07 Å². The highest BCUT2D eigenvalue weighted by molar-refractivity contribution is 5.53. The number of aromatic nitrogens is 3. The van der Waals surface area contributed by atoms with Crippen molar-refractivity contribution in [2.45, 2.75) is 24.9 Å². The molecule has 0 bridgehead atoms. The molecule has 1 aliphatic rings. The van der Waals surface area contributed by atoms with Crippen molar-refractivity contribution in [1.29, 1.82) is 0 Å². The molecule has 9 heteroatoms. The average molecular weight is 404 g/mol. The summed E-state index contributed by atoms with van der Waals surface area (Å²) < 4.78 is 50.0. The van der Waals surface area contributed by atoms with Crippen molar-refractivity contribution < 1.29 is 22.4 Å². The largest absolute Gasteiger partial charge is 0.438 e. The van der Waals surface area contributed by atoms with Crippen LogP contribution in [0, 0.1) is 0 Å². The summed E-state index contributed by atoms with van der Waals surface area (Å²) in [7, 11) is 2.08. The molecule has 0 unspecified atom stereocenters. The van der Waals surface area contributed by atoms with Crippen molar-refractivity contribution in [3.05, 3.63) is 54.0 Å². The molecular weight excluding hydrogens is 385 g/mol. The zero-order chi connectivity index (χ0) is 20.4. The van der Waals surface area contributed by atoms with Gasteiger partial charge in [0.25, 0.3) is 0 Å². The summed E-state index contributed by atoms with van der Waals surface area (Å²) in [6.07, 6.45) is -1.14. The molecule has 3 aromatic rings. The van der Waals surface area contributed by atoms with Gasteiger partial charge in [-0.05, 0) is 51.2 Å². The number of halogens is 3. The van der Waals surface area contributed by atoms with Gasteiger partial charge in [-0.3, -0.25) is 0 Å². The van der Waals surface area contributed by atoms with Crippen LogP contribution in [0.4, 0.5) is 13.2 Å². The van der Waals surface area contributed by atoms with E-state index in [2.05, 4.69) is 27.1 Å². The number of likely N-dealkylation sites (tertiary alicyclic amines) is 1. The zero-order valence-electron chi connectivity index (χ0n) is 15.7. The van der Waals surface area contributed by atoms with Crippen LogP contribution in [0.3, 0.4) is 0 Å². The predicted molar refractivity (Wildman–Crippen MR) is 98.5 cm³/mol.